The van der Waals surface area contributed by atoms with Gasteiger partial charge in [0.2, 0.25) is 0 Å². The van der Waals surface area contributed by atoms with Crippen molar-refractivity contribution in [2.75, 3.05) is 5.88 Å². The Hall–Kier alpha value is -0.630. The molecule has 0 spiro atoms. The molecule has 0 aromatic carbocycles. The van der Waals surface area contributed by atoms with E-state index in [1.54, 1.807) is 20.8 Å². The monoisotopic (exact) mass is 278 g/mol. The summed E-state index contributed by atoms with van der Waals surface area (Å²) in [5.74, 6) is -0.0482. The highest BCUT2D eigenvalue weighted by Crippen LogP contribution is 2.15. The quantitative estimate of drug-likeness (QED) is 0.544. The average Bonchev–Trinajstić information content (AvgIpc) is 2.23. The summed E-state index contributed by atoms with van der Waals surface area (Å²) in [7, 11) is 0. The summed E-state index contributed by atoms with van der Waals surface area (Å²) in [6, 6.07) is -0.151. The van der Waals surface area contributed by atoms with E-state index in [2.05, 4.69) is 0 Å². The SMILES string of the molecule is C.CC(C)(C)C(=O)CCl.[2H]/C(C)=C(/[2H])C(=O)C(C)(C)C. The smallest absolute Gasteiger partial charge is 0.160 e. The molecule has 0 radical (unpaired) electrons. The highest BCUT2D eigenvalue weighted by Gasteiger charge is 2.19. The fourth-order valence-electron chi connectivity index (χ4n) is 0.501. The first kappa shape index (κ1) is 17.4. The van der Waals surface area contributed by atoms with Crippen molar-refractivity contribution in [2.24, 2.45) is 10.8 Å². The van der Waals surface area contributed by atoms with Crippen LogP contribution in [0.4, 0.5) is 0 Å². The predicted octanol–water partition coefficient (Wildman–Crippen LogP) is 4.65. The molecule has 0 atom stereocenters. The molecule has 0 aromatic heterocycles. The van der Waals surface area contributed by atoms with Crippen LogP contribution in [-0.4, -0.2) is 17.4 Å². The minimum Gasteiger partial charge on any atom is -0.298 e. The maximum atomic E-state index is 11.2. The largest absolute Gasteiger partial charge is 0.298 e. The van der Waals surface area contributed by atoms with Gasteiger partial charge in [-0.25, -0.2) is 0 Å². The summed E-state index contributed by atoms with van der Waals surface area (Å²) in [6.07, 6.45) is 0. The molecule has 0 fully saturated rings. The number of carbonyl (C=O) groups is 2. The summed E-state index contributed by atoms with van der Waals surface area (Å²) >= 11 is 5.29. The molecular weight excluding hydrogens is 248 g/mol. The Labute approximate surface area is 121 Å². The topological polar surface area (TPSA) is 34.1 Å². The van der Waals surface area contributed by atoms with Crippen LogP contribution in [0, 0.1) is 10.8 Å². The van der Waals surface area contributed by atoms with Crippen LogP contribution in [0.5, 0.6) is 0 Å². The van der Waals surface area contributed by atoms with Gasteiger partial charge in [-0.3, -0.25) is 9.59 Å². The predicted molar refractivity (Wildman–Crippen MR) is 81.2 cm³/mol. The zero-order chi connectivity index (χ0) is 16.0. The summed E-state index contributed by atoms with van der Waals surface area (Å²) < 4.78 is 14.3. The number of hydrogen-bond acceptors (Lipinski definition) is 2. The van der Waals surface area contributed by atoms with E-state index in [0.717, 1.165) is 0 Å². The zero-order valence-corrected chi connectivity index (χ0v) is 12.7. The fourth-order valence-corrected chi connectivity index (χ4v) is 0.902. The van der Waals surface area contributed by atoms with Gasteiger partial charge in [-0.05, 0) is 13.0 Å². The summed E-state index contributed by atoms with van der Waals surface area (Å²) in [6.45, 7) is 12.3. The van der Waals surface area contributed by atoms with Crippen molar-refractivity contribution in [3.8, 4) is 0 Å². The van der Waals surface area contributed by atoms with Gasteiger partial charge in [0.25, 0.3) is 0 Å². The van der Waals surface area contributed by atoms with Crippen molar-refractivity contribution in [3.63, 3.8) is 0 Å². The van der Waals surface area contributed by atoms with Crippen LogP contribution in [0.15, 0.2) is 12.1 Å². The third kappa shape index (κ3) is 11.8. The second kappa shape index (κ2) is 9.32. The van der Waals surface area contributed by atoms with Crippen molar-refractivity contribution >= 4 is 23.2 Å². The molecule has 0 amide bonds. The second-order valence-corrected chi connectivity index (χ2v) is 6.03. The van der Waals surface area contributed by atoms with Crippen LogP contribution in [0.2, 0.25) is 0 Å². The number of Topliss-reactive ketones (excluding diaryl/α,β-unsaturated/α-hetero) is 1. The van der Waals surface area contributed by atoms with Crippen molar-refractivity contribution in [1.29, 1.82) is 0 Å². The molecule has 3 heteroatoms. The molecule has 2 nitrogen and oxygen atoms in total. The third-order valence-electron chi connectivity index (χ3n) is 1.88. The van der Waals surface area contributed by atoms with Gasteiger partial charge in [-0.15, -0.1) is 11.6 Å². The Morgan fingerprint density at radius 2 is 1.50 bits per heavy atom. The maximum absolute atomic E-state index is 11.2. The zero-order valence-electron chi connectivity index (χ0n) is 13.9. The molecule has 108 valence electrons. The number of allylic oxidation sites excluding steroid dienone is 2. The molecule has 0 unspecified atom stereocenters. The Kier molecular flexibility index (Phi) is 8.99. The molecule has 0 rings (SSSR count). The lowest BCUT2D eigenvalue weighted by Crippen LogP contribution is -2.20. The average molecular weight is 279 g/mol. The van der Waals surface area contributed by atoms with Gasteiger partial charge in [-0.1, -0.05) is 55.0 Å². The number of carbonyl (C=O) groups excluding carboxylic acids is 2. The summed E-state index contributed by atoms with van der Waals surface area (Å²) in [4.78, 5) is 21.9. The number of ketones is 2. The fraction of sp³-hybridized carbons (Fsp3) is 0.733. The molecule has 0 bridgehead atoms. The van der Waals surface area contributed by atoms with Crippen molar-refractivity contribution < 1.29 is 12.3 Å². The van der Waals surface area contributed by atoms with Crippen LogP contribution in [-0.2, 0) is 9.59 Å². The van der Waals surface area contributed by atoms with Gasteiger partial charge in [0.05, 0.1) is 8.62 Å². The minimum absolute atomic E-state index is 0. The lowest BCUT2D eigenvalue weighted by molar-refractivity contribution is -0.123. The molecule has 0 aromatic rings. The van der Waals surface area contributed by atoms with Gasteiger partial charge in [-0.2, -0.15) is 0 Å². The number of hydrogen-bond donors (Lipinski definition) is 0. The number of alkyl halides is 1. The van der Waals surface area contributed by atoms with Crippen LogP contribution in [0.3, 0.4) is 0 Å². The minimum atomic E-state index is -0.542. The van der Waals surface area contributed by atoms with Crippen molar-refractivity contribution in [1.82, 2.24) is 0 Å². The van der Waals surface area contributed by atoms with Gasteiger partial charge in [0, 0.05) is 10.8 Å². The van der Waals surface area contributed by atoms with E-state index in [-0.39, 0.29) is 42.4 Å². The van der Waals surface area contributed by atoms with Crippen LogP contribution >= 0.6 is 11.6 Å². The second-order valence-electron chi connectivity index (χ2n) is 5.76. The highest BCUT2D eigenvalue weighted by molar-refractivity contribution is 6.28. The normalized spacial score (nSPS) is 14.0. The van der Waals surface area contributed by atoms with E-state index in [1.807, 2.05) is 20.8 Å². The van der Waals surface area contributed by atoms with E-state index in [9.17, 15) is 9.59 Å². The molecule has 0 saturated heterocycles. The van der Waals surface area contributed by atoms with E-state index in [1.165, 1.54) is 6.92 Å². The first-order valence-electron chi connectivity index (χ1n) is 6.53. The Balaban J connectivity index is -0.000000288. The molecule has 0 heterocycles. The molecule has 0 saturated carbocycles. The van der Waals surface area contributed by atoms with E-state index in [4.69, 9.17) is 14.3 Å². The maximum Gasteiger partial charge on any atom is 0.160 e. The molecule has 0 aliphatic heterocycles. The lowest BCUT2D eigenvalue weighted by atomic mass is 9.91. The van der Waals surface area contributed by atoms with Gasteiger partial charge in [0.15, 0.2) is 11.6 Å². The number of halogens is 1. The Bertz CT molecular complexity index is 357. The number of rotatable bonds is 2. The van der Waals surface area contributed by atoms with Crippen LogP contribution in [0.25, 0.3) is 0 Å². The third-order valence-corrected chi connectivity index (χ3v) is 2.12. The summed E-state index contributed by atoms with van der Waals surface area (Å²) in [5.41, 5.74) is -0.804. The van der Waals surface area contributed by atoms with Gasteiger partial charge in [0.1, 0.15) is 0 Å². The first-order chi connectivity index (χ1) is 8.25. The van der Waals surface area contributed by atoms with E-state index in [0.29, 0.717) is 0 Å². The van der Waals surface area contributed by atoms with Crippen molar-refractivity contribution in [2.45, 2.75) is 55.9 Å². The van der Waals surface area contributed by atoms with Gasteiger partial charge < -0.3 is 0 Å². The van der Waals surface area contributed by atoms with E-state index >= 15 is 0 Å². The first-order valence-corrected chi connectivity index (χ1v) is 6.06. The summed E-state index contributed by atoms with van der Waals surface area (Å²) in [5, 5.41) is 0. The molecule has 0 aliphatic carbocycles. The van der Waals surface area contributed by atoms with Crippen molar-refractivity contribution in [3.05, 3.63) is 12.1 Å². The molecular formula is C15H29ClO2. The van der Waals surface area contributed by atoms with E-state index < -0.39 is 5.41 Å². The standard InChI is InChI=1S/C8H14O.C6H11ClO.CH4/c1-5-6-7(9)8(2,3)4;1-6(2,3)5(8)4-7;/h5-6H,1-4H3;4H2,1-3H3;1H4/b6-5+;;/i5D,6D;;. The molecule has 0 N–H and O–H groups in total. The molecule has 0 aliphatic rings. The van der Waals surface area contributed by atoms with Crippen LogP contribution in [0.1, 0.15) is 58.6 Å². The lowest BCUT2D eigenvalue weighted by Gasteiger charge is -2.13. The highest BCUT2D eigenvalue weighted by atomic mass is 35.5. The van der Waals surface area contributed by atoms with Gasteiger partial charge >= 0.3 is 0 Å². The van der Waals surface area contributed by atoms with Crippen LogP contribution < -0.4 is 0 Å². The Morgan fingerprint density at radius 1 is 1.11 bits per heavy atom. The molecule has 18 heavy (non-hydrogen) atoms. The Morgan fingerprint density at radius 3 is 1.56 bits per heavy atom.